The smallest absolute Gasteiger partial charge is 0.350 e. The monoisotopic (exact) mass is 416 g/mol. The molecular weight excluding hydrogens is 404 g/mol. The highest BCUT2D eigenvalue weighted by Gasteiger charge is 2.41. The first-order valence-electron chi connectivity index (χ1n) is 8.64. The van der Waals surface area contributed by atoms with E-state index in [4.69, 9.17) is 0 Å². The minimum atomic E-state index is -4.80. The fourth-order valence-electron chi connectivity index (χ4n) is 2.90. The molecule has 152 valence electrons. The van der Waals surface area contributed by atoms with Crippen molar-refractivity contribution in [2.24, 2.45) is 0 Å². The number of nitrogens with zero attached hydrogens (tertiary/aromatic N) is 3. The van der Waals surface area contributed by atoms with E-state index in [9.17, 15) is 22.4 Å². The number of hydrogen-bond acceptors (Lipinski definition) is 5. The highest BCUT2D eigenvalue weighted by Crippen LogP contribution is 2.42. The van der Waals surface area contributed by atoms with E-state index >= 15 is 0 Å². The molecule has 1 aromatic carbocycles. The minimum absolute atomic E-state index is 0.0108. The van der Waals surface area contributed by atoms with Crippen LogP contribution in [-0.4, -0.2) is 26.4 Å². The van der Waals surface area contributed by atoms with Gasteiger partial charge >= 0.3 is 6.18 Å². The quantitative estimate of drug-likeness (QED) is 0.377. The Labute approximate surface area is 166 Å². The van der Waals surface area contributed by atoms with Gasteiger partial charge in [0.05, 0.1) is 17.5 Å². The maximum absolute atomic E-state index is 13.5. The normalized spacial score (nSPS) is 11.6. The highest BCUT2D eigenvalue weighted by molar-refractivity contribution is 5.81. The molecule has 4 rings (SSSR count). The van der Waals surface area contributed by atoms with Gasteiger partial charge in [0.2, 0.25) is 5.76 Å². The Kier molecular flexibility index (Phi) is 4.90. The van der Waals surface area contributed by atoms with E-state index in [-0.39, 0.29) is 34.8 Å². The summed E-state index contributed by atoms with van der Waals surface area (Å²) < 4.78 is 58.3. The molecule has 0 fully saturated rings. The van der Waals surface area contributed by atoms with Crippen molar-refractivity contribution in [2.45, 2.75) is 12.6 Å². The van der Waals surface area contributed by atoms with E-state index in [1.54, 1.807) is 12.1 Å². The van der Waals surface area contributed by atoms with Gasteiger partial charge in [0.1, 0.15) is 23.5 Å². The van der Waals surface area contributed by atoms with Gasteiger partial charge in [0, 0.05) is 18.2 Å². The van der Waals surface area contributed by atoms with Crippen LogP contribution in [0.1, 0.15) is 11.3 Å². The summed E-state index contributed by atoms with van der Waals surface area (Å²) in [5.41, 5.74) is 0.883. The number of pyridine rings is 1. The van der Waals surface area contributed by atoms with E-state index in [0.717, 1.165) is 18.4 Å². The Bertz CT molecular complexity index is 1180. The maximum Gasteiger partial charge on any atom is 0.453 e. The first-order chi connectivity index (χ1) is 14.4. The number of H-pyrrole nitrogens is 1. The third-order valence-electron chi connectivity index (χ3n) is 4.30. The Balaban J connectivity index is 1.79. The molecule has 30 heavy (non-hydrogen) atoms. The number of aromatic amines is 1. The van der Waals surface area contributed by atoms with Crippen molar-refractivity contribution in [1.29, 1.82) is 0 Å². The van der Waals surface area contributed by atoms with Gasteiger partial charge in [-0.2, -0.15) is 13.2 Å². The van der Waals surface area contributed by atoms with E-state index < -0.39 is 17.8 Å². The molecule has 3 heterocycles. The summed E-state index contributed by atoms with van der Waals surface area (Å²) >= 11 is 0. The number of aldehydes is 1. The van der Waals surface area contributed by atoms with Gasteiger partial charge in [0.25, 0.3) is 0 Å². The summed E-state index contributed by atoms with van der Waals surface area (Å²) in [5, 5.41) is 3.56. The molecule has 0 aliphatic carbocycles. The van der Waals surface area contributed by atoms with Gasteiger partial charge in [-0.05, 0) is 35.9 Å². The molecule has 0 amide bonds. The van der Waals surface area contributed by atoms with Crippen LogP contribution in [0.5, 0.6) is 0 Å². The van der Waals surface area contributed by atoms with Gasteiger partial charge in [0.15, 0.2) is 5.82 Å². The van der Waals surface area contributed by atoms with Crippen molar-refractivity contribution in [1.82, 2.24) is 20.1 Å². The predicted molar refractivity (Wildman–Crippen MR) is 97.5 cm³/mol. The molecule has 6 nitrogen and oxygen atoms in total. The van der Waals surface area contributed by atoms with Crippen LogP contribution >= 0.6 is 0 Å². The number of halogens is 4. The lowest BCUT2D eigenvalue weighted by molar-refractivity contribution is -0.155. The van der Waals surface area contributed by atoms with Crippen molar-refractivity contribution in [3.63, 3.8) is 0 Å². The third-order valence-corrected chi connectivity index (χ3v) is 4.30. The van der Waals surface area contributed by atoms with Gasteiger partial charge in [-0.1, -0.05) is 11.2 Å². The number of aromatic nitrogens is 4. The van der Waals surface area contributed by atoms with Crippen LogP contribution in [0.3, 0.4) is 0 Å². The average Bonchev–Trinajstić information content (AvgIpc) is 3.36. The van der Waals surface area contributed by atoms with E-state index in [2.05, 4.69) is 24.6 Å². The predicted octanol–water partition coefficient (Wildman–Crippen LogP) is 4.69. The number of hydrogen-bond donors (Lipinski definition) is 1. The van der Waals surface area contributed by atoms with Crippen LogP contribution in [0.4, 0.5) is 17.6 Å². The van der Waals surface area contributed by atoms with Crippen LogP contribution in [0, 0.1) is 5.82 Å². The van der Waals surface area contributed by atoms with Crippen molar-refractivity contribution >= 4 is 6.29 Å². The van der Waals surface area contributed by atoms with E-state index in [1.807, 2.05) is 0 Å². The molecule has 0 atom stereocenters. The highest BCUT2D eigenvalue weighted by atomic mass is 19.4. The lowest BCUT2D eigenvalue weighted by Crippen LogP contribution is -2.05. The molecule has 1 N–H and O–H groups in total. The van der Waals surface area contributed by atoms with Gasteiger partial charge in [-0.15, -0.1) is 0 Å². The number of alkyl halides is 3. The van der Waals surface area contributed by atoms with Gasteiger partial charge in [-0.25, -0.2) is 9.37 Å². The standard InChI is InChI=1S/C20H12F4N4O2/c21-13-4-2-12(3-5-13)17-16(18(30-28-17)20(22,23)24)15-10-26-19(27-15)14-6-1-11(7-8-29)9-25-14/h1-6,8-10H,7H2,(H,26,27). The Morgan fingerprint density at radius 2 is 1.80 bits per heavy atom. The molecule has 0 saturated heterocycles. The van der Waals surface area contributed by atoms with E-state index in [0.29, 0.717) is 11.3 Å². The first kappa shape index (κ1) is 19.5. The van der Waals surface area contributed by atoms with Crippen LogP contribution in [-0.2, 0) is 17.4 Å². The summed E-state index contributed by atoms with van der Waals surface area (Å²) in [6.07, 6.45) is -1.17. The van der Waals surface area contributed by atoms with Gasteiger partial charge < -0.3 is 14.3 Å². The Morgan fingerprint density at radius 3 is 2.43 bits per heavy atom. The van der Waals surface area contributed by atoms with Crippen LogP contribution in [0.15, 0.2) is 53.3 Å². The molecule has 0 aliphatic rings. The van der Waals surface area contributed by atoms with Crippen molar-refractivity contribution in [3.8, 4) is 34.0 Å². The van der Waals surface area contributed by atoms with Crippen LogP contribution < -0.4 is 0 Å². The number of rotatable bonds is 5. The largest absolute Gasteiger partial charge is 0.453 e. The summed E-state index contributed by atoms with van der Waals surface area (Å²) in [6, 6.07) is 8.11. The fourth-order valence-corrected chi connectivity index (χ4v) is 2.90. The SMILES string of the molecule is O=CCc1ccc(-c2ncc(-c3c(-c4ccc(F)cc4)noc3C(F)(F)F)[nH]2)nc1. The second kappa shape index (κ2) is 7.54. The molecule has 10 heteroatoms. The summed E-state index contributed by atoms with van der Waals surface area (Å²) in [4.78, 5) is 21.6. The number of carbonyl (C=O) groups is 1. The number of nitrogens with one attached hydrogen (secondary N) is 1. The number of carbonyl (C=O) groups excluding carboxylic acids is 1. The van der Waals surface area contributed by atoms with Gasteiger partial charge in [-0.3, -0.25) is 4.98 Å². The molecule has 0 spiro atoms. The molecule has 0 aliphatic heterocycles. The van der Waals surface area contributed by atoms with Crippen molar-refractivity contribution in [3.05, 3.63) is 65.9 Å². The van der Waals surface area contributed by atoms with Crippen molar-refractivity contribution < 1.29 is 26.9 Å². The molecular formula is C20H12F4N4O2. The molecule has 0 unspecified atom stereocenters. The number of benzene rings is 1. The molecule has 4 aromatic rings. The first-order valence-corrected chi connectivity index (χ1v) is 8.64. The zero-order valence-corrected chi connectivity index (χ0v) is 15.1. The molecule has 0 bridgehead atoms. The second-order valence-electron chi connectivity index (χ2n) is 6.31. The maximum atomic E-state index is 13.5. The molecule has 0 saturated carbocycles. The van der Waals surface area contributed by atoms with E-state index in [1.165, 1.54) is 24.5 Å². The summed E-state index contributed by atoms with van der Waals surface area (Å²) in [5.74, 6) is -1.61. The average molecular weight is 416 g/mol. The summed E-state index contributed by atoms with van der Waals surface area (Å²) in [6.45, 7) is 0. The Hall–Kier alpha value is -3.82. The second-order valence-corrected chi connectivity index (χ2v) is 6.31. The fraction of sp³-hybridized carbons (Fsp3) is 0.100. The zero-order valence-electron chi connectivity index (χ0n) is 15.1. The van der Waals surface area contributed by atoms with Crippen molar-refractivity contribution in [2.75, 3.05) is 0 Å². The lowest BCUT2D eigenvalue weighted by atomic mass is 10.0. The molecule has 0 radical (unpaired) electrons. The zero-order chi connectivity index (χ0) is 21.3. The number of imidazole rings is 1. The lowest BCUT2D eigenvalue weighted by Gasteiger charge is -2.05. The Morgan fingerprint density at radius 1 is 1.03 bits per heavy atom. The minimum Gasteiger partial charge on any atom is -0.350 e. The summed E-state index contributed by atoms with van der Waals surface area (Å²) in [7, 11) is 0. The third kappa shape index (κ3) is 3.71. The molecule has 3 aromatic heterocycles. The topological polar surface area (TPSA) is 84.7 Å². The van der Waals surface area contributed by atoms with Crippen LogP contribution in [0.25, 0.3) is 34.0 Å². The van der Waals surface area contributed by atoms with Crippen LogP contribution in [0.2, 0.25) is 0 Å².